The summed E-state index contributed by atoms with van der Waals surface area (Å²) in [6.45, 7) is 2.86. The van der Waals surface area contributed by atoms with Crippen molar-refractivity contribution in [2.24, 2.45) is 0 Å². The lowest BCUT2D eigenvalue weighted by molar-refractivity contribution is -0.121. The Hall–Kier alpha value is -2.53. The van der Waals surface area contributed by atoms with E-state index in [1.807, 2.05) is 6.07 Å². The minimum atomic E-state index is 0.100. The van der Waals surface area contributed by atoms with Gasteiger partial charge in [0, 0.05) is 49.6 Å². The molecule has 2 heterocycles. The monoisotopic (exact) mass is 351 g/mol. The van der Waals surface area contributed by atoms with Gasteiger partial charge in [0.05, 0.1) is 0 Å². The van der Waals surface area contributed by atoms with Gasteiger partial charge in [0.2, 0.25) is 5.91 Å². The highest BCUT2D eigenvalue weighted by molar-refractivity contribution is 5.76. The van der Waals surface area contributed by atoms with E-state index in [1.54, 1.807) is 18.3 Å². The molecule has 0 bridgehead atoms. The number of nitrogens with zero attached hydrogens (tertiary/aromatic N) is 2. The van der Waals surface area contributed by atoms with Crippen molar-refractivity contribution in [2.45, 2.75) is 38.3 Å². The van der Waals surface area contributed by atoms with E-state index in [9.17, 15) is 9.59 Å². The Morgan fingerprint density at radius 1 is 1.27 bits per heavy atom. The lowest BCUT2D eigenvalue weighted by Gasteiger charge is -2.16. The largest absolute Gasteiger partial charge is 0.352 e. The summed E-state index contributed by atoms with van der Waals surface area (Å²) in [6.07, 6.45) is 5.39. The summed E-state index contributed by atoms with van der Waals surface area (Å²) in [5.41, 5.74) is 2.80. The van der Waals surface area contributed by atoms with Crippen LogP contribution in [0.4, 0.5) is 0 Å². The molecule has 1 fully saturated rings. The molecule has 0 saturated carbocycles. The Labute approximate surface area is 154 Å². The van der Waals surface area contributed by atoms with Crippen LogP contribution in [-0.2, 0) is 17.8 Å². The van der Waals surface area contributed by atoms with E-state index in [0.717, 1.165) is 44.5 Å². The summed E-state index contributed by atoms with van der Waals surface area (Å²) in [5, 5.41) is 3.15. The van der Waals surface area contributed by atoms with Gasteiger partial charge in [-0.1, -0.05) is 30.3 Å². The molecular formula is C21H25N3O2. The second kappa shape index (κ2) is 9.25. The fourth-order valence-corrected chi connectivity index (χ4v) is 3.37. The molecule has 1 atom stereocenters. The number of likely N-dealkylation sites (tertiary alicyclic amines) is 1. The van der Waals surface area contributed by atoms with Gasteiger partial charge in [-0.3, -0.25) is 19.5 Å². The van der Waals surface area contributed by atoms with Crippen LogP contribution in [0.1, 0.15) is 40.9 Å². The van der Waals surface area contributed by atoms with E-state index in [4.69, 9.17) is 0 Å². The minimum absolute atomic E-state index is 0.100. The summed E-state index contributed by atoms with van der Waals surface area (Å²) in [4.78, 5) is 29.6. The molecule has 136 valence electrons. The van der Waals surface area contributed by atoms with Crippen LogP contribution in [0, 0.1) is 0 Å². The third-order valence-corrected chi connectivity index (χ3v) is 4.70. The van der Waals surface area contributed by atoms with Crippen molar-refractivity contribution in [2.75, 3.05) is 13.1 Å². The predicted molar refractivity (Wildman–Crippen MR) is 101 cm³/mol. The van der Waals surface area contributed by atoms with E-state index < -0.39 is 0 Å². The first-order valence-corrected chi connectivity index (χ1v) is 9.18. The van der Waals surface area contributed by atoms with Crippen LogP contribution in [0.3, 0.4) is 0 Å². The molecule has 0 spiro atoms. The van der Waals surface area contributed by atoms with Gasteiger partial charge < -0.3 is 5.32 Å². The molecule has 0 aliphatic carbocycles. The van der Waals surface area contributed by atoms with Gasteiger partial charge in [-0.05, 0) is 37.0 Å². The highest BCUT2D eigenvalue weighted by atomic mass is 16.1. The Bertz CT molecular complexity index is 733. The van der Waals surface area contributed by atoms with Crippen LogP contribution < -0.4 is 5.32 Å². The zero-order chi connectivity index (χ0) is 18.2. The number of carbonyl (C=O) groups is 2. The van der Waals surface area contributed by atoms with E-state index >= 15 is 0 Å². The number of rotatable bonds is 8. The maximum absolute atomic E-state index is 12.2. The number of benzene rings is 1. The maximum Gasteiger partial charge on any atom is 0.220 e. The standard InChI is InChI=1S/C21H25N3O2/c25-16-18-9-11-22-19(13-18)7-4-8-21(26)23-20-10-12-24(15-20)14-17-5-2-1-3-6-17/h1-3,5-6,9,11,13,16,20H,4,7-8,10,12,14-15H2,(H,23,26). The van der Waals surface area contributed by atoms with E-state index in [-0.39, 0.29) is 11.9 Å². The van der Waals surface area contributed by atoms with Gasteiger partial charge in [-0.15, -0.1) is 0 Å². The molecule has 1 aromatic heterocycles. The van der Waals surface area contributed by atoms with Crippen LogP contribution in [0.15, 0.2) is 48.7 Å². The normalized spacial score (nSPS) is 17.2. The number of amides is 1. The molecule has 5 heteroatoms. The van der Waals surface area contributed by atoms with Gasteiger partial charge in [-0.25, -0.2) is 0 Å². The van der Waals surface area contributed by atoms with Gasteiger partial charge >= 0.3 is 0 Å². The second-order valence-electron chi connectivity index (χ2n) is 6.83. The molecule has 0 radical (unpaired) electrons. The summed E-state index contributed by atoms with van der Waals surface area (Å²) >= 11 is 0. The fourth-order valence-electron chi connectivity index (χ4n) is 3.37. The van der Waals surface area contributed by atoms with E-state index in [0.29, 0.717) is 18.4 Å². The Kier molecular flexibility index (Phi) is 6.50. The first kappa shape index (κ1) is 18.3. The molecular weight excluding hydrogens is 326 g/mol. The van der Waals surface area contributed by atoms with Gasteiger partial charge in [0.15, 0.2) is 0 Å². The first-order valence-electron chi connectivity index (χ1n) is 9.18. The number of hydrogen-bond donors (Lipinski definition) is 1. The smallest absolute Gasteiger partial charge is 0.220 e. The van der Waals surface area contributed by atoms with Crippen LogP contribution in [0.2, 0.25) is 0 Å². The Balaban J connectivity index is 1.36. The zero-order valence-electron chi connectivity index (χ0n) is 14.9. The number of nitrogens with one attached hydrogen (secondary N) is 1. The molecule has 26 heavy (non-hydrogen) atoms. The minimum Gasteiger partial charge on any atom is -0.352 e. The lowest BCUT2D eigenvalue weighted by atomic mass is 10.1. The molecule has 1 aliphatic heterocycles. The highest BCUT2D eigenvalue weighted by Gasteiger charge is 2.23. The fraction of sp³-hybridized carbons (Fsp3) is 0.381. The molecule has 1 aliphatic rings. The topological polar surface area (TPSA) is 62.3 Å². The summed E-state index contributed by atoms with van der Waals surface area (Å²) in [7, 11) is 0. The number of pyridine rings is 1. The molecule has 1 unspecified atom stereocenters. The summed E-state index contributed by atoms with van der Waals surface area (Å²) in [6, 6.07) is 14.1. The van der Waals surface area contributed by atoms with Crippen molar-refractivity contribution in [1.82, 2.24) is 15.2 Å². The average molecular weight is 351 g/mol. The lowest BCUT2D eigenvalue weighted by Crippen LogP contribution is -2.36. The molecule has 1 aromatic carbocycles. The number of aldehydes is 1. The Morgan fingerprint density at radius 2 is 2.12 bits per heavy atom. The third kappa shape index (κ3) is 5.49. The third-order valence-electron chi connectivity index (χ3n) is 4.70. The SMILES string of the molecule is O=Cc1ccnc(CCCC(=O)NC2CCN(Cc3ccccc3)C2)c1. The molecule has 1 N–H and O–H groups in total. The summed E-state index contributed by atoms with van der Waals surface area (Å²) < 4.78 is 0. The van der Waals surface area contributed by atoms with Gasteiger partial charge in [-0.2, -0.15) is 0 Å². The molecule has 1 amide bonds. The highest BCUT2D eigenvalue weighted by Crippen LogP contribution is 2.14. The van der Waals surface area contributed by atoms with Crippen molar-refractivity contribution in [3.8, 4) is 0 Å². The number of carbonyl (C=O) groups excluding carboxylic acids is 2. The Morgan fingerprint density at radius 3 is 2.92 bits per heavy atom. The number of aromatic nitrogens is 1. The number of hydrogen-bond acceptors (Lipinski definition) is 4. The van der Waals surface area contributed by atoms with Crippen molar-refractivity contribution >= 4 is 12.2 Å². The van der Waals surface area contributed by atoms with Crippen molar-refractivity contribution < 1.29 is 9.59 Å². The number of aryl methyl sites for hydroxylation is 1. The second-order valence-corrected chi connectivity index (χ2v) is 6.83. The van der Waals surface area contributed by atoms with Crippen LogP contribution in [-0.4, -0.2) is 41.2 Å². The molecule has 2 aromatic rings. The van der Waals surface area contributed by atoms with Crippen LogP contribution in [0.25, 0.3) is 0 Å². The van der Waals surface area contributed by atoms with E-state index in [1.165, 1.54) is 5.56 Å². The maximum atomic E-state index is 12.2. The molecule has 3 rings (SSSR count). The van der Waals surface area contributed by atoms with Gasteiger partial charge in [0.1, 0.15) is 6.29 Å². The van der Waals surface area contributed by atoms with Gasteiger partial charge in [0.25, 0.3) is 0 Å². The van der Waals surface area contributed by atoms with Crippen molar-refractivity contribution in [3.05, 3.63) is 65.5 Å². The van der Waals surface area contributed by atoms with Crippen LogP contribution in [0.5, 0.6) is 0 Å². The summed E-state index contributed by atoms with van der Waals surface area (Å²) in [5.74, 6) is 0.100. The van der Waals surface area contributed by atoms with Crippen molar-refractivity contribution in [3.63, 3.8) is 0 Å². The van der Waals surface area contributed by atoms with E-state index in [2.05, 4.69) is 39.5 Å². The zero-order valence-corrected chi connectivity index (χ0v) is 14.9. The first-order chi connectivity index (χ1) is 12.7. The molecule has 5 nitrogen and oxygen atoms in total. The predicted octanol–water partition coefficient (Wildman–Crippen LogP) is 2.61. The quantitative estimate of drug-likeness (QED) is 0.743. The molecule has 1 saturated heterocycles. The average Bonchev–Trinajstić information content (AvgIpc) is 3.09. The van der Waals surface area contributed by atoms with Crippen LogP contribution >= 0.6 is 0 Å². The van der Waals surface area contributed by atoms with Crippen molar-refractivity contribution in [1.29, 1.82) is 0 Å².